The van der Waals surface area contributed by atoms with E-state index in [0.29, 0.717) is 10.2 Å². The van der Waals surface area contributed by atoms with Gasteiger partial charge in [0.05, 0.1) is 5.69 Å². The second-order valence-electron chi connectivity index (χ2n) is 6.04. The third kappa shape index (κ3) is 11.0. The van der Waals surface area contributed by atoms with Crippen LogP contribution in [0.15, 0.2) is 71.5 Å². The molecule has 0 unspecified atom stereocenters. The number of nitriles is 2. The first-order valence-electron chi connectivity index (χ1n) is 9.37. The van der Waals surface area contributed by atoms with E-state index in [2.05, 4.69) is 90.9 Å². The lowest BCUT2D eigenvalue weighted by Gasteiger charge is -2.06. The highest BCUT2D eigenvalue weighted by Crippen LogP contribution is 2.26. The van der Waals surface area contributed by atoms with E-state index in [1.165, 1.54) is 6.07 Å². The average molecular weight is 735 g/mol. The van der Waals surface area contributed by atoms with Crippen molar-refractivity contribution < 1.29 is 19.1 Å². The molecule has 2 N–H and O–H groups in total. The smallest absolute Gasteiger partial charge is 0.369 e. The summed E-state index contributed by atoms with van der Waals surface area (Å²) in [6, 6.07) is 14.3. The molecular formula is C22H17Br4N5O4. The molecule has 0 saturated heterocycles. The Balaban J connectivity index is 0.000000507. The van der Waals surface area contributed by atoms with Crippen molar-refractivity contribution in [3.63, 3.8) is 0 Å². The molecule has 0 spiro atoms. The number of anilines is 2. The molecule has 0 aliphatic rings. The van der Waals surface area contributed by atoms with Gasteiger partial charge in [0, 0.05) is 30.6 Å². The van der Waals surface area contributed by atoms with Crippen molar-refractivity contribution in [3.05, 3.63) is 66.4 Å². The Kier molecular flexibility index (Phi) is 13.9. The van der Waals surface area contributed by atoms with E-state index in [4.69, 9.17) is 15.3 Å². The van der Waals surface area contributed by atoms with Crippen molar-refractivity contribution >= 4 is 92.7 Å². The number of carbonyl (C=O) groups excluding carboxylic acids is 2. The summed E-state index contributed by atoms with van der Waals surface area (Å²) in [6.45, 7) is 2.59. The molecule has 0 aliphatic carbocycles. The fraction of sp³-hybridized carbons (Fsp3) is 0.136. The number of hydrazone groups is 1. The van der Waals surface area contributed by atoms with E-state index in [1.807, 2.05) is 25.2 Å². The van der Waals surface area contributed by atoms with E-state index >= 15 is 0 Å². The van der Waals surface area contributed by atoms with E-state index in [-0.39, 0.29) is 18.8 Å². The molecule has 35 heavy (non-hydrogen) atoms. The summed E-state index contributed by atoms with van der Waals surface area (Å²) in [6.07, 6.45) is 0. The first-order chi connectivity index (χ1) is 16.6. The first kappa shape index (κ1) is 30.3. The normalized spacial score (nSPS) is 9.97. The molecular weight excluding hydrogens is 718 g/mol. The molecule has 0 heterocycles. The topological polar surface area (TPSA) is 137 Å². The quantitative estimate of drug-likeness (QED) is 0.0852. The fourth-order valence-corrected chi connectivity index (χ4v) is 4.36. The van der Waals surface area contributed by atoms with Crippen LogP contribution in [0.4, 0.5) is 11.4 Å². The maximum absolute atomic E-state index is 11.7. The van der Waals surface area contributed by atoms with Gasteiger partial charge in [-0.15, -0.1) is 0 Å². The standard InChI is InChI=1S/C15H10Br2N4O4.C7H7Br2N/c1-9(7-18)14(22)24-4-5-25-15(23)13(8-19)21-20-12-3-2-10(16)6-11(12)17;1-10-7-3-2-5(8)4-6(7)9/h2-3,6,20H,1,4-5H2;2-4,10H,1H3/b21-13+;. The molecule has 0 amide bonds. The van der Waals surface area contributed by atoms with Gasteiger partial charge in [-0.2, -0.15) is 15.6 Å². The van der Waals surface area contributed by atoms with Crippen molar-refractivity contribution in [2.75, 3.05) is 31.0 Å². The number of nitrogens with one attached hydrogen (secondary N) is 2. The molecule has 0 aliphatic heterocycles. The summed E-state index contributed by atoms with van der Waals surface area (Å²) < 4.78 is 13.0. The molecule has 0 aromatic heterocycles. The summed E-state index contributed by atoms with van der Waals surface area (Å²) in [4.78, 5) is 22.9. The van der Waals surface area contributed by atoms with Gasteiger partial charge in [-0.3, -0.25) is 5.43 Å². The maximum Gasteiger partial charge on any atom is 0.369 e. The van der Waals surface area contributed by atoms with E-state index in [0.717, 1.165) is 19.1 Å². The van der Waals surface area contributed by atoms with E-state index in [9.17, 15) is 9.59 Å². The first-order valence-corrected chi connectivity index (χ1v) is 12.5. The SMILES string of the molecule is C=C(C#N)C(=O)OCCOC(=O)/C(C#N)=N/Nc1ccc(Br)cc1Br.CNc1ccc(Br)cc1Br. The molecule has 9 nitrogen and oxygen atoms in total. The third-order valence-corrected chi connectivity index (χ3v) is 5.95. The zero-order valence-electron chi connectivity index (χ0n) is 18.1. The highest BCUT2D eigenvalue weighted by molar-refractivity contribution is 9.11. The Hall–Kier alpha value is -2.71. The van der Waals surface area contributed by atoms with Gasteiger partial charge in [0.15, 0.2) is 0 Å². The number of rotatable bonds is 8. The Morgan fingerprint density at radius 2 is 1.43 bits per heavy atom. The summed E-state index contributed by atoms with van der Waals surface area (Å²) in [7, 11) is 1.90. The molecule has 0 bridgehead atoms. The molecule has 13 heteroatoms. The van der Waals surface area contributed by atoms with Crippen LogP contribution in [0.3, 0.4) is 0 Å². The van der Waals surface area contributed by atoms with Crippen LogP contribution in [-0.2, 0) is 19.1 Å². The fourth-order valence-electron chi connectivity index (χ4n) is 1.97. The van der Waals surface area contributed by atoms with Gasteiger partial charge in [0.25, 0.3) is 0 Å². The van der Waals surface area contributed by atoms with Crippen LogP contribution in [0, 0.1) is 22.7 Å². The second kappa shape index (κ2) is 16.1. The van der Waals surface area contributed by atoms with Crippen molar-refractivity contribution in [3.8, 4) is 12.1 Å². The number of carbonyl (C=O) groups is 2. The summed E-state index contributed by atoms with van der Waals surface area (Å²) in [5.41, 5.74) is 3.32. The monoisotopic (exact) mass is 731 g/mol. The summed E-state index contributed by atoms with van der Waals surface area (Å²) >= 11 is 13.4. The van der Waals surface area contributed by atoms with Crippen molar-refractivity contribution in [2.45, 2.75) is 0 Å². The van der Waals surface area contributed by atoms with Gasteiger partial charge in [-0.05, 0) is 68.3 Å². The molecule has 2 rings (SSSR count). The predicted octanol–water partition coefficient (Wildman–Crippen LogP) is 5.92. The van der Waals surface area contributed by atoms with Crippen LogP contribution >= 0.6 is 63.7 Å². The predicted molar refractivity (Wildman–Crippen MR) is 147 cm³/mol. The second-order valence-corrected chi connectivity index (χ2v) is 9.58. The van der Waals surface area contributed by atoms with Gasteiger partial charge in [-0.1, -0.05) is 38.4 Å². The van der Waals surface area contributed by atoms with Crippen LogP contribution in [0.5, 0.6) is 0 Å². The number of esters is 2. The Morgan fingerprint density at radius 1 is 0.914 bits per heavy atom. The molecule has 182 valence electrons. The molecule has 2 aromatic carbocycles. The third-order valence-electron chi connectivity index (χ3n) is 3.65. The summed E-state index contributed by atoms with van der Waals surface area (Å²) in [5, 5.41) is 24.1. The number of benzene rings is 2. The zero-order chi connectivity index (χ0) is 26.4. The van der Waals surface area contributed by atoms with Crippen molar-refractivity contribution in [1.82, 2.24) is 0 Å². The number of halogens is 4. The lowest BCUT2D eigenvalue weighted by Crippen LogP contribution is -2.20. The van der Waals surface area contributed by atoms with Crippen LogP contribution in [-0.4, -0.2) is 37.9 Å². The number of hydrogen-bond acceptors (Lipinski definition) is 9. The van der Waals surface area contributed by atoms with E-state index < -0.39 is 17.7 Å². The lowest BCUT2D eigenvalue weighted by molar-refractivity contribution is -0.145. The van der Waals surface area contributed by atoms with E-state index in [1.54, 1.807) is 24.3 Å². The molecule has 0 radical (unpaired) electrons. The lowest BCUT2D eigenvalue weighted by atomic mass is 10.3. The number of ether oxygens (including phenoxy) is 2. The largest absolute Gasteiger partial charge is 0.458 e. The molecule has 0 saturated carbocycles. The highest BCUT2D eigenvalue weighted by atomic mass is 79.9. The highest BCUT2D eigenvalue weighted by Gasteiger charge is 2.14. The average Bonchev–Trinajstić information content (AvgIpc) is 2.83. The summed E-state index contributed by atoms with van der Waals surface area (Å²) in [5.74, 6) is -1.90. The number of nitrogens with zero attached hydrogens (tertiary/aromatic N) is 3. The van der Waals surface area contributed by atoms with Crippen LogP contribution in [0.25, 0.3) is 0 Å². The zero-order valence-corrected chi connectivity index (χ0v) is 24.4. The van der Waals surface area contributed by atoms with Gasteiger partial charge in [-0.25, -0.2) is 9.59 Å². The number of hydrogen-bond donors (Lipinski definition) is 2. The van der Waals surface area contributed by atoms with Gasteiger partial charge < -0.3 is 14.8 Å². The van der Waals surface area contributed by atoms with Crippen LogP contribution in [0.1, 0.15) is 0 Å². The maximum atomic E-state index is 11.7. The minimum atomic E-state index is -0.988. The van der Waals surface area contributed by atoms with Crippen LogP contribution < -0.4 is 10.7 Å². The molecule has 0 atom stereocenters. The van der Waals surface area contributed by atoms with Gasteiger partial charge in [0.2, 0.25) is 5.71 Å². The van der Waals surface area contributed by atoms with Crippen molar-refractivity contribution in [2.24, 2.45) is 5.10 Å². The molecule has 0 fully saturated rings. The van der Waals surface area contributed by atoms with Crippen molar-refractivity contribution in [1.29, 1.82) is 10.5 Å². The minimum absolute atomic E-state index is 0.282. The minimum Gasteiger partial charge on any atom is -0.458 e. The van der Waals surface area contributed by atoms with Crippen LogP contribution in [0.2, 0.25) is 0 Å². The van der Waals surface area contributed by atoms with Gasteiger partial charge in [0.1, 0.15) is 30.9 Å². The Bertz CT molecular complexity index is 1210. The Morgan fingerprint density at radius 3 is 1.89 bits per heavy atom. The Labute approximate surface area is 235 Å². The molecule has 2 aromatic rings. The van der Waals surface area contributed by atoms with Gasteiger partial charge >= 0.3 is 11.9 Å².